The Bertz CT molecular complexity index is 850. The minimum atomic E-state index is -0.357. The number of rotatable bonds is 7. The van der Waals surface area contributed by atoms with Gasteiger partial charge < -0.3 is 14.5 Å². The number of carbonyl (C=O) groups is 1. The number of nitrogens with one attached hydrogen (secondary N) is 1. The highest BCUT2D eigenvalue weighted by Gasteiger charge is 2.18. The zero-order valence-corrected chi connectivity index (χ0v) is 15.3. The minimum Gasteiger partial charge on any atom is -0.497 e. The summed E-state index contributed by atoms with van der Waals surface area (Å²) in [6, 6.07) is 17.0. The van der Waals surface area contributed by atoms with Crippen molar-refractivity contribution in [3.8, 4) is 5.75 Å². The first-order valence-electron chi connectivity index (χ1n) is 8.12. The lowest BCUT2D eigenvalue weighted by molar-refractivity contribution is -0.115. The monoisotopic (exact) mass is 369 g/mol. The Morgan fingerprint density at radius 1 is 1.15 bits per heavy atom. The van der Waals surface area contributed by atoms with E-state index in [1.54, 1.807) is 14.0 Å². The number of nitrogens with zero attached hydrogens (tertiary/aromatic N) is 2. The van der Waals surface area contributed by atoms with Crippen LogP contribution < -0.4 is 10.1 Å². The number of ether oxygens (including phenoxy) is 1. The second-order valence-corrected chi connectivity index (χ2v) is 6.89. The summed E-state index contributed by atoms with van der Waals surface area (Å²) in [7, 11) is 1.63. The number of thioether (sulfide) groups is 1. The number of anilines is 1. The van der Waals surface area contributed by atoms with Crippen LogP contribution in [-0.2, 0) is 11.2 Å². The maximum atomic E-state index is 12.2. The molecule has 0 aliphatic rings. The van der Waals surface area contributed by atoms with Crippen molar-refractivity contribution in [1.82, 2.24) is 10.2 Å². The van der Waals surface area contributed by atoms with E-state index < -0.39 is 0 Å². The normalized spacial score (nSPS) is 11.8. The van der Waals surface area contributed by atoms with Crippen LogP contribution in [0.4, 0.5) is 5.69 Å². The van der Waals surface area contributed by atoms with Crippen LogP contribution in [0, 0.1) is 0 Å². The second-order valence-electron chi connectivity index (χ2n) is 5.60. The van der Waals surface area contributed by atoms with Gasteiger partial charge in [-0.05, 0) is 36.8 Å². The molecule has 0 fully saturated rings. The maximum Gasteiger partial charge on any atom is 0.277 e. The van der Waals surface area contributed by atoms with Gasteiger partial charge in [0.15, 0.2) is 0 Å². The van der Waals surface area contributed by atoms with Crippen molar-refractivity contribution < 1.29 is 13.9 Å². The summed E-state index contributed by atoms with van der Waals surface area (Å²) in [6.45, 7) is 1.80. The quantitative estimate of drug-likeness (QED) is 0.639. The molecule has 7 heteroatoms. The molecule has 26 heavy (non-hydrogen) atoms. The molecule has 1 aromatic heterocycles. The third-order valence-electron chi connectivity index (χ3n) is 3.65. The first-order chi connectivity index (χ1) is 12.6. The largest absolute Gasteiger partial charge is 0.497 e. The Balaban J connectivity index is 1.56. The fourth-order valence-corrected chi connectivity index (χ4v) is 2.95. The van der Waals surface area contributed by atoms with E-state index in [-0.39, 0.29) is 11.2 Å². The zero-order valence-electron chi connectivity index (χ0n) is 14.5. The molecule has 0 spiro atoms. The molecule has 0 saturated carbocycles. The van der Waals surface area contributed by atoms with Gasteiger partial charge in [-0.25, -0.2) is 0 Å². The first-order valence-corrected chi connectivity index (χ1v) is 9.00. The van der Waals surface area contributed by atoms with Gasteiger partial charge in [-0.3, -0.25) is 4.79 Å². The third-order valence-corrected chi connectivity index (χ3v) is 4.59. The molecule has 3 rings (SSSR count). The van der Waals surface area contributed by atoms with Crippen LogP contribution in [0.1, 0.15) is 18.4 Å². The summed E-state index contributed by atoms with van der Waals surface area (Å²) >= 11 is 1.24. The fraction of sp³-hybridized carbons (Fsp3) is 0.211. The topological polar surface area (TPSA) is 77.2 Å². The average molecular weight is 369 g/mol. The summed E-state index contributed by atoms with van der Waals surface area (Å²) in [6.07, 6.45) is 0.530. The van der Waals surface area contributed by atoms with E-state index in [9.17, 15) is 4.79 Å². The third kappa shape index (κ3) is 4.86. The van der Waals surface area contributed by atoms with Crippen LogP contribution in [-0.4, -0.2) is 28.5 Å². The van der Waals surface area contributed by atoms with Crippen molar-refractivity contribution in [2.24, 2.45) is 0 Å². The number of benzene rings is 2. The van der Waals surface area contributed by atoms with Crippen molar-refractivity contribution >= 4 is 23.4 Å². The van der Waals surface area contributed by atoms with E-state index in [0.717, 1.165) is 17.0 Å². The number of methoxy groups -OCH3 is 1. The molecule has 0 radical (unpaired) electrons. The highest BCUT2D eigenvalue weighted by molar-refractivity contribution is 8.00. The molecule has 1 atom stereocenters. The van der Waals surface area contributed by atoms with Crippen LogP contribution in [0.3, 0.4) is 0 Å². The number of amides is 1. The molecule has 134 valence electrons. The van der Waals surface area contributed by atoms with E-state index in [1.807, 2.05) is 54.6 Å². The highest BCUT2D eigenvalue weighted by atomic mass is 32.2. The standard InChI is InChI=1S/C19H19N3O3S/c1-13(18(23)20-15-6-4-3-5-7-15)26-19-22-21-17(25-19)12-14-8-10-16(24-2)11-9-14/h3-11,13H,12H2,1-2H3,(H,20,23)/t13-/m1/s1. The summed E-state index contributed by atoms with van der Waals surface area (Å²) < 4.78 is 10.8. The number of hydrogen-bond donors (Lipinski definition) is 1. The van der Waals surface area contributed by atoms with E-state index in [1.165, 1.54) is 11.8 Å². The van der Waals surface area contributed by atoms with Gasteiger partial charge in [-0.15, -0.1) is 10.2 Å². The van der Waals surface area contributed by atoms with Gasteiger partial charge in [-0.2, -0.15) is 0 Å². The summed E-state index contributed by atoms with van der Waals surface area (Å²) in [5, 5.41) is 10.9. The molecule has 0 aliphatic heterocycles. The molecule has 0 bridgehead atoms. The van der Waals surface area contributed by atoms with E-state index in [0.29, 0.717) is 17.5 Å². The predicted molar refractivity (Wildman–Crippen MR) is 100 cm³/mol. The molecule has 3 aromatic rings. The van der Waals surface area contributed by atoms with Crippen LogP contribution in [0.25, 0.3) is 0 Å². The minimum absolute atomic E-state index is 0.115. The number of carbonyl (C=O) groups excluding carboxylic acids is 1. The van der Waals surface area contributed by atoms with E-state index in [4.69, 9.17) is 9.15 Å². The smallest absolute Gasteiger partial charge is 0.277 e. The van der Waals surface area contributed by atoms with Crippen LogP contribution in [0.2, 0.25) is 0 Å². The number of aromatic nitrogens is 2. The lowest BCUT2D eigenvalue weighted by Gasteiger charge is -2.09. The predicted octanol–water partition coefficient (Wildman–Crippen LogP) is 3.79. The van der Waals surface area contributed by atoms with E-state index >= 15 is 0 Å². The maximum absolute atomic E-state index is 12.2. The molecule has 0 saturated heterocycles. The lowest BCUT2D eigenvalue weighted by Crippen LogP contribution is -2.22. The SMILES string of the molecule is COc1ccc(Cc2nnc(S[C@H](C)C(=O)Nc3ccccc3)o2)cc1. The van der Waals surface area contributed by atoms with Gasteiger partial charge in [-0.1, -0.05) is 42.1 Å². The van der Waals surface area contributed by atoms with Crippen molar-refractivity contribution in [2.75, 3.05) is 12.4 Å². The van der Waals surface area contributed by atoms with Crippen LogP contribution >= 0.6 is 11.8 Å². The van der Waals surface area contributed by atoms with E-state index in [2.05, 4.69) is 15.5 Å². The molecule has 1 N–H and O–H groups in total. The van der Waals surface area contributed by atoms with Crippen molar-refractivity contribution in [3.05, 3.63) is 66.1 Å². The van der Waals surface area contributed by atoms with Gasteiger partial charge in [0, 0.05) is 5.69 Å². The summed E-state index contributed by atoms with van der Waals surface area (Å²) in [5.74, 6) is 1.19. The zero-order chi connectivity index (χ0) is 18.4. The van der Waals surface area contributed by atoms with Crippen molar-refractivity contribution in [2.45, 2.75) is 23.8 Å². The van der Waals surface area contributed by atoms with Crippen LogP contribution in [0.15, 0.2) is 64.2 Å². The number of hydrogen-bond acceptors (Lipinski definition) is 6. The molecular formula is C19H19N3O3S. The highest BCUT2D eigenvalue weighted by Crippen LogP contribution is 2.24. The van der Waals surface area contributed by atoms with Gasteiger partial charge in [0.2, 0.25) is 11.8 Å². The van der Waals surface area contributed by atoms with Gasteiger partial charge in [0.1, 0.15) is 5.75 Å². The van der Waals surface area contributed by atoms with Gasteiger partial charge in [0.25, 0.3) is 5.22 Å². The fourth-order valence-electron chi connectivity index (χ4n) is 2.25. The van der Waals surface area contributed by atoms with Gasteiger partial charge in [0.05, 0.1) is 18.8 Å². The first kappa shape index (κ1) is 18.0. The average Bonchev–Trinajstić information content (AvgIpc) is 3.10. The molecule has 2 aromatic carbocycles. The van der Waals surface area contributed by atoms with Crippen molar-refractivity contribution in [1.29, 1.82) is 0 Å². The van der Waals surface area contributed by atoms with Crippen molar-refractivity contribution in [3.63, 3.8) is 0 Å². The summed E-state index contributed by atoms with van der Waals surface area (Å²) in [4.78, 5) is 12.2. The Kier molecular flexibility index (Phi) is 5.91. The Morgan fingerprint density at radius 3 is 2.58 bits per heavy atom. The molecule has 6 nitrogen and oxygen atoms in total. The Labute approximate surface area is 156 Å². The molecular weight excluding hydrogens is 350 g/mol. The van der Waals surface area contributed by atoms with Gasteiger partial charge >= 0.3 is 0 Å². The Hall–Kier alpha value is -2.80. The number of para-hydroxylation sites is 1. The second kappa shape index (κ2) is 8.53. The molecule has 0 unspecified atom stereocenters. The molecule has 0 aliphatic carbocycles. The lowest BCUT2D eigenvalue weighted by atomic mass is 10.1. The molecule has 1 amide bonds. The van der Waals surface area contributed by atoms with Crippen LogP contribution in [0.5, 0.6) is 5.75 Å². The molecule has 1 heterocycles. The Morgan fingerprint density at radius 2 is 1.88 bits per heavy atom. The summed E-state index contributed by atoms with van der Waals surface area (Å²) in [5.41, 5.74) is 1.80.